The normalized spacial score (nSPS) is 14.5. The summed E-state index contributed by atoms with van der Waals surface area (Å²) in [4.78, 5) is 55.5. The zero-order valence-electron chi connectivity index (χ0n) is 23.3. The van der Waals surface area contributed by atoms with E-state index in [1.165, 1.54) is 17.0 Å². The van der Waals surface area contributed by atoms with Crippen LogP contribution in [0.3, 0.4) is 0 Å². The quantitative estimate of drug-likeness (QED) is 0.222. The van der Waals surface area contributed by atoms with Crippen molar-refractivity contribution in [2.24, 2.45) is 0 Å². The number of amides is 4. The third kappa shape index (κ3) is 6.06. The maximum Gasteiger partial charge on any atom is 0.284 e. The number of benzene rings is 3. The molecule has 41 heavy (non-hydrogen) atoms. The molecule has 3 aromatic carbocycles. The van der Waals surface area contributed by atoms with Crippen molar-refractivity contribution in [3.8, 4) is 5.75 Å². The SMILES string of the molecule is CC[C@@H](NC1=C(Nc2cccc(C(=O)N(C)C)c2O)C(=O)N(c2ccccc2)C1=O)C(=O)NC(C)c1ccccc1. The summed E-state index contributed by atoms with van der Waals surface area (Å²) in [6.45, 7) is 3.65. The lowest BCUT2D eigenvalue weighted by Crippen LogP contribution is -2.46. The van der Waals surface area contributed by atoms with Gasteiger partial charge in [0.05, 0.1) is 23.0 Å². The standard InChI is InChI=1S/C31H33N5O5/c1-5-23(28(38)32-19(2)20-13-8-6-9-14-20)33-25-26(31(41)36(30(25)40)21-15-10-7-11-16-21)34-24-18-12-17-22(27(24)37)29(39)35(3)4/h6-19,23,33-34,37H,5H2,1-4H3,(H,32,38)/t19?,23-/m1/s1. The van der Waals surface area contributed by atoms with Crippen LogP contribution in [0.4, 0.5) is 11.4 Å². The van der Waals surface area contributed by atoms with Crippen molar-refractivity contribution in [3.05, 3.63) is 101 Å². The lowest BCUT2D eigenvalue weighted by molar-refractivity contribution is -0.123. The van der Waals surface area contributed by atoms with Crippen molar-refractivity contribution in [1.82, 2.24) is 15.5 Å². The average molecular weight is 556 g/mol. The fourth-order valence-electron chi connectivity index (χ4n) is 4.45. The highest BCUT2D eigenvalue weighted by molar-refractivity contribution is 6.33. The third-order valence-electron chi connectivity index (χ3n) is 6.73. The topological polar surface area (TPSA) is 131 Å². The number of rotatable bonds is 10. The summed E-state index contributed by atoms with van der Waals surface area (Å²) < 4.78 is 0. The van der Waals surface area contributed by atoms with Gasteiger partial charge in [0, 0.05) is 14.1 Å². The van der Waals surface area contributed by atoms with Crippen LogP contribution in [0.2, 0.25) is 0 Å². The molecule has 0 aliphatic carbocycles. The summed E-state index contributed by atoms with van der Waals surface area (Å²) in [6, 6.07) is 21.2. The molecule has 1 aliphatic rings. The molecule has 10 heteroatoms. The van der Waals surface area contributed by atoms with E-state index in [0.29, 0.717) is 12.1 Å². The van der Waals surface area contributed by atoms with Crippen molar-refractivity contribution >= 4 is 35.0 Å². The largest absolute Gasteiger partial charge is 0.505 e. The first-order valence-electron chi connectivity index (χ1n) is 13.2. The number of nitrogens with one attached hydrogen (secondary N) is 3. The Balaban J connectivity index is 1.69. The van der Waals surface area contributed by atoms with Crippen molar-refractivity contribution in [3.63, 3.8) is 0 Å². The Kier molecular flexibility index (Phi) is 8.72. The van der Waals surface area contributed by atoms with E-state index in [2.05, 4.69) is 16.0 Å². The monoisotopic (exact) mass is 555 g/mol. The number of carbonyl (C=O) groups is 4. The molecular formula is C31H33N5O5. The molecule has 1 aliphatic heterocycles. The van der Waals surface area contributed by atoms with Crippen LogP contribution >= 0.6 is 0 Å². The van der Waals surface area contributed by atoms with E-state index in [9.17, 15) is 24.3 Å². The van der Waals surface area contributed by atoms with Gasteiger partial charge in [0.1, 0.15) is 17.4 Å². The van der Waals surface area contributed by atoms with Crippen LogP contribution in [0.15, 0.2) is 90.3 Å². The van der Waals surface area contributed by atoms with Crippen LogP contribution in [-0.4, -0.2) is 53.8 Å². The minimum Gasteiger partial charge on any atom is -0.505 e. The molecule has 0 bridgehead atoms. The molecular weight excluding hydrogens is 522 g/mol. The number of hydrogen-bond acceptors (Lipinski definition) is 7. The molecule has 0 aromatic heterocycles. The molecule has 2 atom stereocenters. The molecule has 0 radical (unpaired) electrons. The molecule has 0 saturated heterocycles. The number of imide groups is 1. The van der Waals surface area contributed by atoms with Crippen molar-refractivity contribution in [2.45, 2.75) is 32.4 Å². The van der Waals surface area contributed by atoms with E-state index >= 15 is 0 Å². The van der Waals surface area contributed by atoms with E-state index in [0.717, 1.165) is 10.5 Å². The molecule has 1 heterocycles. The second-order valence-corrected chi connectivity index (χ2v) is 9.80. The summed E-state index contributed by atoms with van der Waals surface area (Å²) in [6.07, 6.45) is 0.314. The molecule has 0 spiro atoms. The first-order chi connectivity index (χ1) is 19.6. The minimum absolute atomic E-state index is 0.0208. The average Bonchev–Trinajstić information content (AvgIpc) is 3.20. The number of phenols is 1. The second-order valence-electron chi connectivity index (χ2n) is 9.80. The molecule has 212 valence electrons. The lowest BCUT2D eigenvalue weighted by Gasteiger charge is -2.22. The number of hydrogen-bond donors (Lipinski definition) is 4. The number of anilines is 2. The van der Waals surface area contributed by atoms with Gasteiger partial charge in [-0.05, 0) is 43.2 Å². The van der Waals surface area contributed by atoms with Gasteiger partial charge in [-0.1, -0.05) is 61.5 Å². The summed E-state index contributed by atoms with van der Waals surface area (Å²) >= 11 is 0. The van der Waals surface area contributed by atoms with Gasteiger partial charge in [0.15, 0.2) is 5.75 Å². The molecule has 10 nitrogen and oxygen atoms in total. The predicted octanol–water partition coefficient (Wildman–Crippen LogP) is 3.54. The van der Waals surface area contributed by atoms with Crippen LogP contribution < -0.4 is 20.9 Å². The van der Waals surface area contributed by atoms with Crippen molar-refractivity contribution < 1.29 is 24.3 Å². The Morgan fingerprint density at radius 1 is 0.878 bits per heavy atom. The summed E-state index contributed by atoms with van der Waals surface area (Å²) in [5.74, 6) is -2.51. The zero-order valence-corrected chi connectivity index (χ0v) is 23.3. The molecule has 0 fully saturated rings. The molecule has 3 aromatic rings. The van der Waals surface area contributed by atoms with Gasteiger partial charge in [0.25, 0.3) is 17.7 Å². The Morgan fingerprint density at radius 3 is 2.10 bits per heavy atom. The predicted molar refractivity (Wildman–Crippen MR) is 156 cm³/mol. The molecule has 1 unspecified atom stereocenters. The van der Waals surface area contributed by atoms with Gasteiger partial charge in [0.2, 0.25) is 5.91 Å². The van der Waals surface area contributed by atoms with Crippen LogP contribution in [-0.2, 0) is 14.4 Å². The van der Waals surface area contributed by atoms with Crippen molar-refractivity contribution in [1.29, 1.82) is 0 Å². The number of aromatic hydroxyl groups is 1. The highest BCUT2D eigenvalue weighted by atomic mass is 16.3. The number of nitrogens with zero attached hydrogens (tertiary/aromatic N) is 2. The van der Waals surface area contributed by atoms with Gasteiger partial charge in [-0.25, -0.2) is 4.90 Å². The van der Waals surface area contributed by atoms with Crippen LogP contribution in [0, 0.1) is 0 Å². The van der Waals surface area contributed by atoms with Crippen molar-refractivity contribution in [2.75, 3.05) is 24.3 Å². The highest BCUT2D eigenvalue weighted by Gasteiger charge is 2.41. The Bertz CT molecular complexity index is 1490. The van der Waals surface area contributed by atoms with E-state index in [4.69, 9.17) is 0 Å². The Hall–Kier alpha value is -5.12. The summed E-state index contributed by atoms with van der Waals surface area (Å²) in [5, 5.41) is 19.7. The maximum atomic E-state index is 13.7. The van der Waals surface area contributed by atoms with Crippen LogP contribution in [0.5, 0.6) is 5.75 Å². The third-order valence-corrected chi connectivity index (χ3v) is 6.73. The Morgan fingerprint density at radius 2 is 1.49 bits per heavy atom. The number of carbonyl (C=O) groups excluding carboxylic acids is 4. The molecule has 4 amide bonds. The summed E-state index contributed by atoms with van der Waals surface area (Å²) in [7, 11) is 3.11. The smallest absolute Gasteiger partial charge is 0.284 e. The lowest BCUT2D eigenvalue weighted by atomic mass is 10.1. The number of para-hydroxylation sites is 2. The van der Waals surface area contributed by atoms with E-state index < -0.39 is 23.8 Å². The maximum absolute atomic E-state index is 13.7. The minimum atomic E-state index is -0.851. The van der Waals surface area contributed by atoms with Gasteiger partial charge < -0.3 is 26.0 Å². The summed E-state index contributed by atoms with van der Waals surface area (Å²) in [5.41, 5.74) is 1.05. The van der Waals surface area contributed by atoms with Gasteiger partial charge in [-0.15, -0.1) is 0 Å². The van der Waals surface area contributed by atoms with Crippen LogP contribution in [0.25, 0.3) is 0 Å². The van der Waals surface area contributed by atoms with E-state index in [-0.39, 0.29) is 40.3 Å². The fourth-order valence-corrected chi connectivity index (χ4v) is 4.45. The molecule has 4 rings (SSSR count). The fraction of sp³-hybridized carbons (Fsp3) is 0.226. The zero-order chi connectivity index (χ0) is 29.7. The van der Waals surface area contributed by atoms with Crippen LogP contribution in [0.1, 0.15) is 42.2 Å². The Labute approximate surface area is 238 Å². The second kappa shape index (κ2) is 12.4. The van der Waals surface area contributed by atoms with Gasteiger partial charge in [-0.2, -0.15) is 0 Å². The molecule has 4 N–H and O–H groups in total. The number of phenolic OH excluding ortho intramolecular Hbond substituents is 1. The first kappa shape index (κ1) is 28.9. The molecule has 0 saturated carbocycles. The first-order valence-corrected chi connectivity index (χ1v) is 13.2. The van der Waals surface area contributed by atoms with E-state index in [1.807, 2.05) is 37.3 Å². The van der Waals surface area contributed by atoms with E-state index in [1.54, 1.807) is 57.4 Å². The highest BCUT2D eigenvalue weighted by Crippen LogP contribution is 2.33. The van der Waals surface area contributed by atoms with Gasteiger partial charge in [-0.3, -0.25) is 19.2 Å². The van der Waals surface area contributed by atoms with Gasteiger partial charge >= 0.3 is 0 Å².